The first-order valence-corrected chi connectivity index (χ1v) is 25.4. The topological polar surface area (TPSA) is 60.5 Å². The van der Waals surface area contributed by atoms with Crippen LogP contribution >= 0.6 is 0 Å². The summed E-state index contributed by atoms with van der Waals surface area (Å²) in [6, 6.07) is 68.1. The molecule has 0 N–H and O–H groups in total. The number of nitrogens with zero attached hydrogens (tertiary/aromatic N) is 6. The molecular formula is C64H68N6. The molecule has 0 aliphatic heterocycles. The zero-order valence-electron chi connectivity index (χ0n) is 41.6. The fourth-order valence-electron chi connectivity index (χ4n) is 8.90. The minimum atomic E-state index is 0.549. The van der Waals surface area contributed by atoms with Crippen molar-refractivity contribution < 1.29 is 0 Å². The molecule has 7 aromatic rings. The van der Waals surface area contributed by atoms with Crippen LogP contribution in [0.5, 0.6) is 0 Å². The highest BCUT2D eigenvalue weighted by molar-refractivity contribution is 6.00. The minimum absolute atomic E-state index is 0.549. The molecule has 0 aliphatic rings. The molecule has 0 heterocycles. The van der Waals surface area contributed by atoms with Crippen molar-refractivity contribution in [1.29, 1.82) is 10.5 Å². The number of benzene rings is 7. The Kier molecular flexibility index (Phi) is 18.7. The Morgan fingerprint density at radius 3 is 0.886 bits per heavy atom. The smallest absolute Gasteiger partial charge is 0.0998 e. The minimum Gasteiger partial charge on any atom is -0.372 e. The third-order valence-electron chi connectivity index (χ3n) is 12.8. The summed E-state index contributed by atoms with van der Waals surface area (Å²) in [5.41, 5.74) is 12.4. The van der Waals surface area contributed by atoms with Crippen molar-refractivity contribution in [2.24, 2.45) is 0 Å². The average molecular weight is 921 g/mol. The molecule has 0 bridgehead atoms. The molecule has 0 unspecified atom stereocenters. The zero-order chi connectivity index (χ0) is 48.9. The van der Waals surface area contributed by atoms with Gasteiger partial charge in [0, 0.05) is 71.4 Å². The number of hydrogen-bond acceptors (Lipinski definition) is 6. The van der Waals surface area contributed by atoms with Crippen LogP contribution in [0.3, 0.4) is 0 Å². The lowest BCUT2D eigenvalue weighted by Gasteiger charge is -2.31. The first kappa shape index (κ1) is 50.1. The Bertz CT molecular complexity index is 2530. The molecule has 0 atom stereocenters. The van der Waals surface area contributed by atoms with Gasteiger partial charge in [0.1, 0.15) is 0 Å². The lowest BCUT2D eigenvalue weighted by atomic mass is 9.96. The van der Waals surface area contributed by atoms with Gasteiger partial charge in [0.15, 0.2) is 0 Å². The van der Waals surface area contributed by atoms with E-state index in [9.17, 15) is 10.5 Å². The van der Waals surface area contributed by atoms with E-state index in [4.69, 9.17) is 0 Å². The summed E-state index contributed by atoms with van der Waals surface area (Å²) >= 11 is 0. The molecule has 0 fully saturated rings. The predicted octanol–water partition coefficient (Wildman–Crippen LogP) is 17.6. The number of para-hydroxylation sites is 4. The van der Waals surface area contributed by atoms with Crippen molar-refractivity contribution in [3.63, 3.8) is 0 Å². The maximum absolute atomic E-state index is 11.1. The van der Waals surface area contributed by atoms with E-state index < -0.39 is 0 Å². The number of unbranched alkanes of at least 4 members (excludes halogenated alkanes) is 4. The van der Waals surface area contributed by atoms with Gasteiger partial charge in [-0.25, -0.2) is 0 Å². The number of anilines is 8. The maximum Gasteiger partial charge on any atom is 0.0998 e. The molecule has 0 radical (unpaired) electrons. The molecule has 0 aromatic heterocycles. The van der Waals surface area contributed by atoms with Gasteiger partial charge in [-0.1, -0.05) is 150 Å². The summed E-state index contributed by atoms with van der Waals surface area (Å²) in [5, 5.41) is 22.2. The summed E-state index contributed by atoms with van der Waals surface area (Å²) < 4.78 is 0. The van der Waals surface area contributed by atoms with E-state index in [1.807, 2.05) is 36.4 Å². The second kappa shape index (κ2) is 26.1. The summed E-state index contributed by atoms with van der Waals surface area (Å²) in [7, 11) is 0. The van der Waals surface area contributed by atoms with Gasteiger partial charge in [-0.15, -0.1) is 0 Å². The fraction of sp³-hybridized carbons (Fsp3) is 0.250. The Balaban J connectivity index is 1.49. The average Bonchev–Trinajstić information content (AvgIpc) is 3.42. The van der Waals surface area contributed by atoms with Crippen molar-refractivity contribution in [3.8, 4) is 12.1 Å². The Morgan fingerprint density at radius 2 is 0.643 bits per heavy atom. The standard InChI is InChI=1S/C64H68N6/c1-5-9-41-67(42-10-6-2)57-37-33-51(34-38-57)55(49-65)45-53-47-64(70(61-29-21-15-22-30-61)62-31-23-16-24-32-62)54(48-63(53)69(59-25-17-13-18-26-59)60-27-19-14-20-28-60)46-56(50-66)52-35-39-58(40-36-52)68(43-11-7-3)44-12-8-4/h13-40,45-48H,5-12,41-44H2,1-4H3/b55-45+,56-46+. The number of nitriles is 2. The van der Waals surface area contributed by atoms with Crippen LogP contribution in [-0.2, 0) is 0 Å². The Morgan fingerprint density at radius 1 is 0.371 bits per heavy atom. The molecule has 354 valence electrons. The fourth-order valence-corrected chi connectivity index (χ4v) is 8.90. The molecule has 0 amide bonds. The number of hydrogen-bond donors (Lipinski definition) is 0. The lowest BCUT2D eigenvalue weighted by Crippen LogP contribution is -2.25. The summed E-state index contributed by atoms with van der Waals surface area (Å²) in [6.07, 6.45) is 13.1. The third kappa shape index (κ3) is 12.8. The lowest BCUT2D eigenvalue weighted by molar-refractivity contribution is 0.678. The van der Waals surface area contributed by atoms with Crippen LogP contribution in [-0.4, -0.2) is 26.2 Å². The van der Waals surface area contributed by atoms with E-state index in [1.165, 1.54) is 11.4 Å². The van der Waals surface area contributed by atoms with Crippen LogP contribution in [0.4, 0.5) is 45.5 Å². The first-order valence-electron chi connectivity index (χ1n) is 25.4. The van der Waals surface area contributed by atoms with Gasteiger partial charge in [-0.05, 0) is 134 Å². The van der Waals surface area contributed by atoms with E-state index in [1.54, 1.807) is 0 Å². The zero-order valence-corrected chi connectivity index (χ0v) is 41.6. The first-order chi connectivity index (χ1) is 34.5. The van der Waals surface area contributed by atoms with Crippen LogP contribution in [0.2, 0.25) is 0 Å². The molecule has 6 heteroatoms. The van der Waals surface area contributed by atoms with Gasteiger partial charge in [0.25, 0.3) is 0 Å². The van der Waals surface area contributed by atoms with E-state index in [0.29, 0.717) is 11.1 Å². The molecule has 7 aromatic carbocycles. The van der Waals surface area contributed by atoms with Gasteiger partial charge in [-0.3, -0.25) is 0 Å². The van der Waals surface area contributed by atoms with Crippen LogP contribution in [0.1, 0.15) is 101 Å². The van der Waals surface area contributed by atoms with Gasteiger partial charge in [-0.2, -0.15) is 10.5 Å². The van der Waals surface area contributed by atoms with Crippen molar-refractivity contribution in [2.75, 3.05) is 45.8 Å². The van der Waals surface area contributed by atoms with Crippen LogP contribution in [0.25, 0.3) is 23.3 Å². The third-order valence-corrected chi connectivity index (χ3v) is 12.8. The van der Waals surface area contributed by atoms with Crippen LogP contribution < -0.4 is 19.6 Å². The van der Waals surface area contributed by atoms with E-state index in [0.717, 1.165) is 134 Å². The Labute approximate surface area is 418 Å². The second-order valence-corrected chi connectivity index (χ2v) is 17.8. The summed E-state index contributed by atoms with van der Waals surface area (Å²) in [4.78, 5) is 9.45. The van der Waals surface area contributed by atoms with Crippen LogP contribution in [0.15, 0.2) is 182 Å². The summed E-state index contributed by atoms with van der Waals surface area (Å²) in [5.74, 6) is 0. The SMILES string of the molecule is CCCCN(CCCC)c1ccc(/C(C#N)=C/c2cc(N(c3ccccc3)c3ccccc3)c(/C=C(\C#N)c3ccc(N(CCCC)CCCC)cc3)cc2N(c2ccccc2)c2ccccc2)cc1. The molecule has 70 heavy (non-hydrogen) atoms. The van der Waals surface area contributed by atoms with Crippen LogP contribution in [0, 0.1) is 22.7 Å². The highest BCUT2D eigenvalue weighted by Gasteiger charge is 2.23. The number of rotatable bonds is 24. The normalized spacial score (nSPS) is 11.4. The number of allylic oxidation sites excluding steroid dienone is 2. The molecular weight excluding hydrogens is 853 g/mol. The quantitative estimate of drug-likeness (QED) is 0.0445. The monoisotopic (exact) mass is 921 g/mol. The second-order valence-electron chi connectivity index (χ2n) is 17.8. The molecule has 0 aliphatic carbocycles. The molecule has 6 nitrogen and oxygen atoms in total. The molecule has 0 saturated carbocycles. The van der Waals surface area contributed by atoms with Gasteiger partial charge >= 0.3 is 0 Å². The maximum atomic E-state index is 11.1. The molecule has 0 spiro atoms. The van der Waals surface area contributed by atoms with E-state index in [-0.39, 0.29) is 0 Å². The molecule has 7 rings (SSSR count). The summed E-state index contributed by atoms with van der Waals surface area (Å²) in [6.45, 7) is 13.0. The largest absolute Gasteiger partial charge is 0.372 e. The van der Waals surface area contributed by atoms with Crippen molar-refractivity contribution in [2.45, 2.75) is 79.1 Å². The van der Waals surface area contributed by atoms with Crippen molar-refractivity contribution in [3.05, 3.63) is 204 Å². The van der Waals surface area contributed by atoms with Crippen molar-refractivity contribution >= 4 is 68.8 Å². The van der Waals surface area contributed by atoms with Gasteiger partial charge in [0.2, 0.25) is 0 Å². The molecule has 0 saturated heterocycles. The van der Waals surface area contributed by atoms with Gasteiger partial charge in [0.05, 0.1) is 34.7 Å². The highest BCUT2D eigenvalue weighted by Crippen LogP contribution is 2.45. The highest BCUT2D eigenvalue weighted by atomic mass is 15.2. The van der Waals surface area contributed by atoms with Gasteiger partial charge < -0.3 is 19.6 Å². The predicted molar refractivity (Wildman–Crippen MR) is 300 cm³/mol. The Hall–Kier alpha value is -7.80. The van der Waals surface area contributed by atoms with Crippen molar-refractivity contribution in [1.82, 2.24) is 0 Å². The van der Waals surface area contributed by atoms with E-state index in [2.05, 4.69) is 217 Å². The van der Waals surface area contributed by atoms with E-state index >= 15 is 0 Å².